The molecule has 1 atom stereocenters. The minimum absolute atomic E-state index is 0.172. The van der Waals surface area contributed by atoms with Crippen molar-refractivity contribution in [1.82, 2.24) is 4.90 Å². The van der Waals surface area contributed by atoms with Crippen molar-refractivity contribution in [2.75, 3.05) is 6.54 Å². The van der Waals surface area contributed by atoms with Crippen molar-refractivity contribution >= 4 is 15.9 Å². The van der Waals surface area contributed by atoms with Crippen molar-refractivity contribution in [1.29, 1.82) is 0 Å². The highest BCUT2D eigenvalue weighted by Gasteiger charge is 2.36. The summed E-state index contributed by atoms with van der Waals surface area (Å²) >= 11 is 3.33. The molecular weight excluding hydrogens is 283 g/mol. The molecule has 0 spiro atoms. The summed E-state index contributed by atoms with van der Waals surface area (Å²) < 4.78 is 37.9. The summed E-state index contributed by atoms with van der Waals surface area (Å²) in [5.74, 6) is 0. The van der Waals surface area contributed by atoms with Crippen LogP contribution in [0.25, 0.3) is 0 Å². The number of nitrogens with zero attached hydrogens (tertiary/aromatic N) is 1. The normalized spacial score (nSPS) is 21.2. The second kappa shape index (κ2) is 4.04. The number of fused-ring (bicyclic) bond motifs is 1. The molecule has 0 fully saturated rings. The smallest absolute Gasteiger partial charge is 0.284 e. The number of rotatable bonds is 1. The molecule has 0 radical (unpaired) electrons. The molecule has 1 unspecified atom stereocenters. The van der Waals surface area contributed by atoms with Crippen molar-refractivity contribution in [2.45, 2.75) is 25.7 Å². The molecule has 1 heterocycles. The van der Waals surface area contributed by atoms with Gasteiger partial charge in [0.15, 0.2) is 0 Å². The van der Waals surface area contributed by atoms with Crippen LogP contribution in [-0.2, 0) is 6.54 Å². The third-order valence-corrected chi connectivity index (χ3v) is 3.35. The average Bonchev–Trinajstić information content (AvgIpc) is 2.42. The maximum atomic E-state index is 12.3. The highest BCUT2D eigenvalue weighted by Crippen LogP contribution is 2.36. The van der Waals surface area contributed by atoms with E-state index in [2.05, 4.69) is 15.9 Å². The number of hydrogen-bond donors (Lipinski definition) is 0. The van der Waals surface area contributed by atoms with Gasteiger partial charge in [0.05, 0.1) is 6.54 Å². The van der Waals surface area contributed by atoms with E-state index in [4.69, 9.17) is 0 Å². The molecule has 88 valence electrons. The molecular formula is C11H11BrF3N. The first-order valence-corrected chi connectivity index (χ1v) is 5.75. The summed E-state index contributed by atoms with van der Waals surface area (Å²) in [6, 6.07) is 5.47. The van der Waals surface area contributed by atoms with Crippen LogP contribution in [0.1, 0.15) is 24.1 Å². The summed E-state index contributed by atoms with van der Waals surface area (Å²) in [4.78, 5) is 1.44. The fourth-order valence-corrected chi connectivity index (χ4v) is 2.45. The maximum Gasteiger partial charge on any atom is 0.401 e. The van der Waals surface area contributed by atoms with Crippen molar-refractivity contribution < 1.29 is 13.2 Å². The zero-order valence-electron chi connectivity index (χ0n) is 8.68. The van der Waals surface area contributed by atoms with Gasteiger partial charge in [0.1, 0.15) is 0 Å². The average molecular weight is 294 g/mol. The van der Waals surface area contributed by atoms with E-state index in [0.717, 1.165) is 15.6 Å². The van der Waals surface area contributed by atoms with Gasteiger partial charge in [-0.3, -0.25) is 4.90 Å². The van der Waals surface area contributed by atoms with Crippen LogP contribution in [0.2, 0.25) is 0 Å². The molecule has 0 saturated heterocycles. The molecule has 5 heteroatoms. The SMILES string of the molecule is CC1c2cc(Br)ccc2CN1CC(F)(F)F. The van der Waals surface area contributed by atoms with Crippen LogP contribution in [0, 0.1) is 0 Å². The molecule has 0 N–H and O–H groups in total. The molecule has 1 aromatic carbocycles. The van der Waals surface area contributed by atoms with Gasteiger partial charge in [-0.15, -0.1) is 0 Å². The largest absolute Gasteiger partial charge is 0.401 e. The molecule has 0 bridgehead atoms. The van der Waals surface area contributed by atoms with Crippen LogP contribution >= 0.6 is 15.9 Å². The Morgan fingerprint density at radius 2 is 2.12 bits per heavy atom. The molecule has 2 rings (SSSR count). The van der Waals surface area contributed by atoms with Gasteiger partial charge in [-0.25, -0.2) is 0 Å². The Morgan fingerprint density at radius 3 is 2.75 bits per heavy atom. The van der Waals surface area contributed by atoms with Crippen molar-refractivity contribution in [3.63, 3.8) is 0 Å². The van der Waals surface area contributed by atoms with Gasteiger partial charge in [0, 0.05) is 17.1 Å². The van der Waals surface area contributed by atoms with Crippen LogP contribution in [0.3, 0.4) is 0 Å². The molecule has 0 aromatic heterocycles. The van der Waals surface area contributed by atoms with E-state index in [1.54, 1.807) is 0 Å². The molecule has 0 saturated carbocycles. The van der Waals surface area contributed by atoms with E-state index >= 15 is 0 Å². The highest BCUT2D eigenvalue weighted by atomic mass is 79.9. The Morgan fingerprint density at radius 1 is 1.44 bits per heavy atom. The second-order valence-electron chi connectivity index (χ2n) is 4.04. The van der Waals surface area contributed by atoms with E-state index in [1.165, 1.54) is 4.90 Å². The number of hydrogen-bond acceptors (Lipinski definition) is 1. The van der Waals surface area contributed by atoms with E-state index in [0.29, 0.717) is 6.54 Å². The summed E-state index contributed by atoms with van der Waals surface area (Å²) in [6.07, 6.45) is -4.13. The van der Waals surface area contributed by atoms with Crippen LogP contribution in [-0.4, -0.2) is 17.6 Å². The van der Waals surface area contributed by atoms with Crippen LogP contribution < -0.4 is 0 Å². The van der Waals surface area contributed by atoms with Crippen molar-refractivity contribution in [3.05, 3.63) is 33.8 Å². The monoisotopic (exact) mass is 293 g/mol. The van der Waals surface area contributed by atoms with Gasteiger partial charge in [0.2, 0.25) is 0 Å². The molecule has 1 aromatic rings. The second-order valence-corrected chi connectivity index (χ2v) is 4.95. The van der Waals surface area contributed by atoms with Gasteiger partial charge in [-0.05, 0) is 30.2 Å². The zero-order valence-corrected chi connectivity index (χ0v) is 10.3. The lowest BCUT2D eigenvalue weighted by Crippen LogP contribution is -2.32. The Hall–Kier alpha value is -0.550. The topological polar surface area (TPSA) is 3.24 Å². The molecule has 1 aliphatic rings. The molecule has 1 nitrogen and oxygen atoms in total. The maximum absolute atomic E-state index is 12.3. The lowest BCUT2D eigenvalue weighted by atomic mass is 10.1. The highest BCUT2D eigenvalue weighted by molar-refractivity contribution is 9.10. The molecule has 1 aliphatic heterocycles. The summed E-state index contributed by atoms with van der Waals surface area (Å²) in [5.41, 5.74) is 1.97. The lowest BCUT2D eigenvalue weighted by molar-refractivity contribution is -0.150. The summed E-state index contributed by atoms with van der Waals surface area (Å²) in [5, 5.41) is 0. The fraction of sp³-hybridized carbons (Fsp3) is 0.455. The lowest BCUT2D eigenvalue weighted by Gasteiger charge is -2.22. The van der Waals surface area contributed by atoms with Crippen LogP contribution in [0.5, 0.6) is 0 Å². The first kappa shape index (κ1) is 11.9. The van der Waals surface area contributed by atoms with Crippen LogP contribution in [0.15, 0.2) is 22.7 Å². The molecule has 0 amide bonds. The quantitative estimate of drug-likeness (QED) is 0.759. The first-order chi connectivity index (χ1) is 7.37. The number of benzene rings is 1. The summed E-state index contributed by atoms with van der Waals surface area (Å²) in [7, 11) is 0. The standard InChI is InChI=1S/C11H11BrF3N/c1-7-10-4-9(12)3-2-8(10)5-16(7)6-11(13,14)15/h2-4,7H,5-6H2,1H3. The van der Waals surface area contributed by atoms with E-state index in [-0.39, 0.29) is 6.04 Å². The van der Waals surface area contributed by atoms with Crippen molar-refractivity contribution in [2.24, 2.45) is 0 Å². The Bertz CT molecular complexity index is 403. The van der Waals surface area contributed by atoms with E-state index in [1.807, 2.05) is 25.1 Å². The van der Waals surface area contributed by atoms with Crippen molar-refractivity contribution in [3.8, 4) is 0 Å². The number of halogens is 4. The van der Waals surface area contributed by atoms with Gasteiger partial charge in [-0.1, -0.05) is 22.0 Å². The third kappa shape index (κ3) is 2.40. The molecule has 16 heavy (non-hydrogen) atoms. The van der Waals surface area contributed by atoms with Gasteiger partial charge in [-0.2, -0.15) is 13.2 Å². The van der Waals surface area contributed by atoms with E-state index in [9.17, 15) is 13.2 Å². The van der Waals surface area contributed by atoms with Gasteiger partial charge in [0.25, 0.3) is 0 Å². The fourth-order valence-electron chi connectivity index (χ4n) is 2.07. The third-order valence-electron chi connectivity index (χ3n) is 2.86. The Balaban J connectivity index is 2.21. The minimum Gasteiger partial charge on any atom is -0.284 e. The first-order valence-electron chi connectivity index (χ1n) is 4.96. The molecule has 0 aliphatic carbocycles. The Labute approximate surface area is 100 Å². The zero-order chi connectivity index (χ0) is 11.9. The number of alkyl halides is 3. The Kier molecular flexibility index (Phi) is 3.01. The van der Waals surface area contributed by atoms with Gasteiger partial charge < -0.3 is 0 Å². The predicted molar refractivity (Wildman–Crippen MR) is 59.0 cm³/mol. The minimum atomic E-state index is -4.13. The van der Waals surface area contributed by atoms with E-state index < -0.39 is 12.7 Å². The summed E-state index contributed by atoms with van der Waals surface area (Å²) in [6.45, 7) is 1.34. The predicted octanol–water partition coefficient (Wildman–Crippen LogP) is 3.89. The van der Waals surface area contributed by atoms with Gasteiger partial charge >= 0.3 is 6.18 Å². The van der Waals surface area contributed by atoms with Crippen LogP contribution in [0.4, 0.5) is 13.2 Å².